The normalized spacial score (nSPS) is 12.1. The van der Waals surface area contributed by atoms with Gasteiger partial charge in [0, 0.05) is 11.8 Å². The molecule has 5 aromatic rings. The third-order valence-corrected chi connectivity index (χ3v) is 8.45. The summed E-state index contributed by atoms with van der Waals surface area (Å²) in [5.41, 5.74) is 8.78. The molecule has 0 aliphatic carbocycles. The van der Waals surface area contributed by atoms with Crippen molar-refractivity contribution >= 4 is 0 Å². The molecule has 0 fully saturated rings. The molecule has 44 heavy (non-hydrogen) atoms. The van der Waals surface area contributed by atoms with Gasteiger partial charge in [0.15, 0.2) is 0 Å². The maximum absolute atomic E-state index is 6.29. The Hall–Kier alpha value is -4.05. The molecule has 230 valence electrons. The molecule has 0 radical (unpaired) electrons. The van der Waals surface area contributed by atoms with Crippen molar-refractivity contribution < 1.29 is 9.30 Å². The van der Waals surface area contributed by atoms with E-state index in [0.717, 1.165) is 31.0 Å². The highest BCUT2D eigenvalue weighted by atomic mass is 16.5. The Morgan fingerprint density at radius 3 is 1.75 bits per heavy atom. The molecule has 0 N–H and O–H groups in total. The van der Waals surface area contributed by atoms with E-state index in [-0.39, 0.29) is 10.8 Å². The Balaban J connectivity index is 1.35. The third kappa shape index (κ3) is 7.72. The second-order valence-electron chi connectivity index (χ2n) is 14.2. The fourth-order valence-corrected chi connectivity index (χ4v) is 5.73. The van der Waals surface area contributed by atoms with Crippen LogP contribution in [0.1, 0.15) is 78.4 Å². The topological polar surface area (TPSA) is 23.0 Å². The average Bonchev–Trinajstić information content (AvgIpc) is 3.62. The largest absolute Gasteiger partial charge is 0.494 e. The van der Waals surface area contributed by atoms with Crippen LogP contribution in [0.2, 0.25) is 0 Å². The van der Waals surface area contributed by atoms with Crippen LogP contribution in [0.15, 0.2) is 104 Å². The smallest absolute Gasteiger partial charge is 0.243 e. The van der Waals surface area contributed by atoms with E-state index < -0.39 is 0 Å². The van der Waals surface area contributed by atoms with Crippen molar-refractivity contribution in [3.05, 3.63) is 115 Å². The van der Waals surface area contributed by atoms with Gasteiger partial charge in [-0.05, 0) is 83.0 Å². The molecule has 0 aliphatic rings. The van der Waals surface area contributed by atoms with Crippen LogP contribution < -0.4 is 9.30 Å². The predicted molar refractivity (Wildman–Crippen MR) is 184 cm³/mol. The van der Waals surface area contributed by atoms with Crippen LogP contribution >= 0.6 is 0 Å². The summed E-state index contributed by atoms with van der Waals surface area (Å²) in [5.74, 6) is 0.916. The first-order valence-corrected chi connectivity index (χ1v) is 16.2. The van der Waals surface area contributed by atoms with Gasteiger partial charge >= 0.3 is 0 Å². The van der Waals surface area contributed by atoms with Crippen molar-refractivity contribution in [2.24, 2.45) is 7.05 Å². The molecule has 0 saturated heterocycles. The molecule has 0 bridgehead atoms. The zero-order chi connectivity index (χ0) is 31.3. The highest BCUT2D eigenvalue weighted by Crippen LogP contribution is 2.35. The Bertz CT molecular complexity index is 1570. The summed E-state index contributed by atoms with van der Waals surface area (Å²) in [5, 5.41) is 0. The standard InChI is InChI=1S/C40H50N3O/c1-39(2,3)33-19-15-31(16-20-33)37-23-24-38(32-17-21-34(22-18-32)40(4,5)6)43(37)35-13-12-14-36(29-35)44-28-11-9-8-10-25-42-27-26-41(7)30-42/h12-24,26-27,29-30H,8-11,25,28H2,1-7H3/q+1. The van der Waals surface area contributed by atoms with Crippen molar-refractivity contribution in [1.29, 1.82) is 0 Å². The molecule has 2 aromatic heterocycles. The third-order valence-electron chi connectivity index (χ3n) is 8.45. The van der Waals surface area contributed by atoms with Crippen LogP contribution in [0.25, 0.3) is 28.2 Å². The van der Waals surface area contributed by atoms with Gasteiger partial charge in [-0.2, -0.15) is 0 Å². The maximum atomic E-state index is 6.29. The van der Waals surface area contributed by atoms with Gasteiger partial charge in [-0.25, -0.2) is 9.13 Å². The highest BCUT2D eigenvalue weighted by molar-refractivity contribution is 5.74. The molecular formula is C40H50N3O+. The number of nitrogens with zero attached hydrogens (tertiary/aromatic N) is 3. The number of imidazole rings is 1. The number of hydrogen-bond donors (Lipinski definition) is 0. The summed E-state index contributed by atoms with van der Waals surface area (Å²) in [4.78, 5) is 0. The molecule has 0 atom stereocenters. The monoisotopic (exact) mass is 588 g/mol. The Morgan fingerprint density at radius 1 is 0.659 bits per heavy atom. The first-order valence-electron chi connectivity index (χ1n) is 16.2. The second-order valence-corrected chi connectivity index (χ2v) is 14.2. The zero-order valence-electron chi connectivity index (χ0n) is 27.8. The average molecular weight is 589 g/mol. The molecule has 2 heterocycles. The number of aryl methyl sites for hydroxylation is 2. The summed E-state index contributed by atoms with van der Waals surface area (Å²) in [6, 6.07) is 31.2. The van der Waals surface area contributed by atoms with Gasteiger partial charge in [-0.15, -0.1) is 0 Å². The molecule has 0 amide bonds. The van der Waals surface area contributed by atoms with Gasteiger partial charge in [0.05, 0.1) is 31.6 Å². The molecule has 5 rings (SSSR count). The number of rotatable bonds is 11. The quantitative estimate of drug-likeness (QED) is 0.111. The van der Waals surface area contributed by atoms with Crippen LogP contribution in [-0.4, -0.2) is 15.7 Å². The summed E-state index contributed by atoms with van der Waals surface area (Å²) in [7, 11) is 2.06. The van der Waals surface area contributed by atoms with Gasteiger partial charge in [-0.3, -0.25) is 0 Å². The summed E-state index contributed by atoms with van der Waals surface area (Å²) >= 11 is 0. The lowest BCUT2D eigenvalue weighted by molar-refractivity contribution is -0.671. The molecular weight excluding hydrogens is 538 g/mol. The van der Waals surface area contributed by atoms with Crippen LogP contribution in [0.4, 0.5) is 0 Å². The molecule has 3 aromatic carbocycles. The van der Waals surface area contributed by atoms with E-state index >= 15 is 0 Å². The fourth-order valence-electron chi connectivity index (χ4n) is 5.73. The minimum atomic E-state index is 0.118. The summed E-state index contributed by atoms with van der Waals surface area (Å²) in [6.45, 7) is 15.4. The Kier molecular flexibility index (Phi) is 9.48. The number of hydrogen-bond acceptors (Lipinski definition) is 1. The second kappa shape index (κ2) is 13.3. The van der Waals surface area contributed by atoms with E-state index in [9.17, 15) is 0 Å². The minimum Gasteiger partial charge on any atom is -0.494 e. The summed E-state index contributed by atoms with van der Waals surface area (Å²) < 4.78 is 13.0. The van der Waals surface area contributed by atoms with Crippen molar-refractivity contribution in [2.75, 3.05) is 6.61 Å². The first kappa shape index (κ1) is 31.4. The number of aromatic nitrogens is 3. The van der Waals surface area contributed by atoms with Crippen LogP contribution in [-0.2, 0) is 24.4 Å². The van der Waals surface area contributed by atoms with E-state index in [1.54, 1.807) is 0 Å². The van der Waals surface area contributed by atoms with Crippen molar-refractivity contribution in [3.8, 4) is 34.0 Å². The fraction of sp³-hybridized carbons (Fsp3) is 0.375. The lowest BCUT2D eigenvalue weighted by atomic mass is 9.86. The maximum Gasteiger partial charge on any atom is 0.243 e. The summed E-state index contributed by atoms with van der Waals surface area (Å²) in [6.07, 6.45) is 11.0. The van der Waals surface area contributed by atoms with E-state index in [1.165, 1.54) is 52.9 Å². The van der Waals surface area contributed by atoms with Gasteiger partial charge in [0.2, 0.25) is 6.33 Å². The van der Waals surface area contributed by atoms with E-state index in [0.29, 0.717) is 0 Å². The minimum absolute atomic E-state index is 0.118. The molecule has 0 saturated carbocycles. The number of benzene rings is 3. The lowest BCUT2D eigenvalue weighted by Gasteiger charge is -2.21. The van der Waals surface area contributed by atoms with Gasteiger partial charge < -0.3 is 9.30 Å². The van der Waals surface area contributed by atoms with Gasteiger partial charge in [-0.1, -0.05) is 96.1 Å². The van der Waals surface area contributed by atoms with Gasteiger partial charge in [0.1, 0.15) is 18.1 Å². The van der Waals surface area contributed by atoms with Crippen LogP contribution in [0, 0.1) is 0 Å². The van der Waals surface area contributed by atoms with E-state index in [2.05, 4.69) is 166 Å². The Morgan fingerprint density at radius 2 is 1.23 bits per heavy atom. The Labute approximate surface area is 265 Å². The van der Waals surface area contributed by atoms with Crippen molar-refractivity contribution in [1.82, 2.24) is 9.13 Å². The molecule has 0 spiro atoms. The van der Waals surface area contributed by atoms with Crippen LogP contribution in [0.5, 0.6) is 5.75 Å². The van der Waals surface area contributed by atoms with Crippen molar-refractivity contribution in [2.45, 2.75) is 84.6 Å². The van der Waals surface area contributed by atoms with Crippen LogP contribution in [0.3, 0.4) is 0 Å². The van der Waals surface area contributed by atoms with Gasteiger partial charge in [0.25, 0.3) is 0 Å². The van der Waals surface area contributed by atoms with E-state index in [4.69, 9.17) is 4.74 Å². The predicted octanol–water partition coefficient (Wildman–Crippen LogP) is 9.67. The molecule has 4 heteroatoms. The van der Waals surface area contributed by atoms with Crippen molar-refractivity contribution in [3.63, 3.8) is 0 Å². The number of unbranched alkanes of at least 4 members (excludes halogenated alkanes) is 3. The van der Waals surface area contributed by atoms with E-state index in [1.807, 2.05) is 0 Å². The highest BCUT2D eigenvalue weighted by Gasteiger charge is 2.18. The zero-order valence-corrected chi connectivity index (χ0v) is 27.8. The first-order chi connectivity index (χ1) is 21.0. The molecule has 4 nitrogen and oxygen atoms in total. The molecule has 0 aliphatic heterocycles. The molecule has 0 unspecified atom stereocenters. The number of ether oxygens (including phenoxy) is 1. The lowest BCUT2D eigenvalue weighted by Crippen LogP contribution is -2.23. The SMILES string of the molecule is C[n+]1ccn(CCCCCCOc2cccc(-n3c(-c4ccc(C(C)(C)C)cc4)ccc3-c3ccc(C(C)(C)C)cc3)c2)c1.